The number of nitro benzene ring substituents is 1. The maximum atomic E-state index is 13.1. The molecule has 0 aliphatic carbocycles. The van der Waals surface area contributed by atoms with Crippen LogP contribution in [0.25, 0.3) is 0 Å². The van der Waals surface area contributed by atoms with E-state index < -0.39 is 14.9 Å². The summed E-state index contributed by atoms with van der Waals surface area (Å²) >= 11 is 24.9. The number of ether oxygens (including phenoxy) is 2. The number of likely N-dealkylation sites (N-methyl/N-ethyl adjacent to an activating group) is 1. The SMILES string of the molecule is CCN(CC)CCOc1cc(NS(=O)(=O)c2cc(Cl)c(Oc3ccc([N+](=O)[O-])cc3Cl)c(Cl)c2)ccc1Cl. The first-order valence-corrected chi connectivity index (χ1v) is 14.2. The second kappa shape index (κ2) is 13.1. The lowest BCUT2D eigenvalue weighted by Crippen LogP contribution is -2.27. The third-order valence-electron chi connectivity index (χ3n) is 5.36. The molecule has 9 nitrogen and oxygen atoms in total. The lowest BCUT2D eigenvalue weighted by Gasteiger charge is -2.18. The third kappa shape index (κ3) is 7.56. The van der Waals surface area contributed by atoms with Crippen LogP contribution in [0.2, 0.25) is 20.1 Å². The average Bonchev–Trinajstić information content (AvgIpc) is 2.86. The van der Waals surface area contributed by atoms with Gasteiger partial charge in [0.15, 0.2) is 5.75 Å². The Morgan fingerprint density at radius 3 is 2.13 bits per heavy atom. The second-order valence-corrected chi connectivity index (χ2v) is 11.1. The fourth-order valence-electron chi connectivity index (χ4n) is 3.30. The summed E-state index contributed by atoms with van der Waals surface area (Å²) in [6.07, 6.45) is 0. The van der Waals surface area contributed by atoms with Crippen LogP contribution in [-0.2, 0) is 10.0 Å². The van der Waals surface area contributed by atoms with Crippen molar-refractivity contribution in [1.29, 1.82) is 0 Å². The van der Waals surface area contributed by atoms with E-state index >= 15 is 0 Å². The summed E-state index contributed by atoms with van der Waals surface area (Å²) < 4.78 is 40.0. The zero-order chi connectivity index (χ0) is 28.0. The summed E-state index contributed by atoms with van der Waals surface area (Å²) in [7, 11) is -4.13. The molecule has 0 aromatic heterocycles. The van der Waals surface area contributed by atoms with Crippen LogP contribution in [0, 0.1) is 10.1 Å². The van der Waals surface area contributed by atoms with Gasteiger partial charge in [0.1, 0.15) is 18.1 Å². The zero-order valence-electron chi connectivity index (χ0n) is 20.2. The minimum absolute atomic E-state index is 0.0458. The van der Waals surface area contributed by atoms with Crippen LogP contribution in [0.1, 0.15) is 13.8 Å². The van der Waals surface area contributed by atoms with Gasteiger partial charge in [-0.3, -0.25) is 14.8 Å². The Hall–Kier alpha value is -2.47. The van der Waals surface area contributed by atoms with Crippen molar-refractivity contribution in [3.8, 4) is 17.2 Å². The van der Waals surface area contributed by atoms with Crippen molar-refractivity contribution in [2.75, 3.05) is 31.0 Å². The van der Waals surface area contributed by atoms with Gasteiger partial charge in [0.05, 0.1) is 35.6 Å². The van der Waals surface area contributed by atoms with Crippen molar-refractivity contribution < 1.29 is 22.8 Å². The molecule has 3 aromatic rings. The van der Waals surface area contributed by atoms with E-state index in [0.29, 0.717) is 23.9 Å². The van der Waals surface area contributed by atoms with Crippen molar-refractivity contribution in [2.24, 2.45) is 0 Å². The van der Waals surface area contributed by atoms with Gasteiger partial charge in [-0.05, 0) is 43.4 Å². The summed E-state index contributed by atoms with van der Waals surface area (Å²) in [5.74, 6) is 0.307. The molecule has 0 amide bonds. The molecule has 0 aliphatic rings. The van der Waals surface area contributed by atoms with Gasteiger partial charge in [-0.15, -0.1) is 0 Å². The van der Waals surface area contributed by atoms with Crippen LogP contribution >= 0.6 is 46.4 Å². The van der Waals surface area contributed by atoms with Crippen molar-refractivity contribution in [3.63, 3.8) is 0 Å². The van der Waals surface area contributed by atoms with E-state index in [1.54, 1.807) is 0 Å². The molecule has 0 saturated heterocycles. The number of nitro groups is 1. The average molecular weight is 623 g/mol. The molecule has 38 heavy (non-hydrogen) atoms. The number of hydrogen-bond acceptors (Lipinski definition) is 7. The van der Waals surface area contributed by atoms with Crippen LogP contribution in [-0.4, -0.2) is 44.5 Å². The van der Waals surface area contributed by atoms with E-state index in [1.807, 2.05) is 13.8 Å². The van der Waals surface area contributed by atoms with E-state index in [0.717, 1.165) is 31.3 Å². The summed E-state index contributed by atoms with van der Waals surface area (Å²) in [6.45, 7) is 6.92. The molecule has 1 N–H and O–H groups in total. The standard InChI is InChI=1S/C24H23Cl4N3O6S/c1-3-30(4-2)9-10-36-23-11-15(5-7-18(23)25)29-38(34,35)17-13-20(27)24(21(28)14-17)37-22-8-6-16(31(32)33)12-19(22)26/h5-8,11-14,29H,3-4,9-10H2,1-2H3. The predicted octanol–water partition coefficient (Wildman–Crippen LogP) is 7.52. The van der Waals surface area contributed by atoms with E-state index in [9.17, 15) is 18.5 Å². The number of nitrogens with zero attached hydrogens (tertiary/aromatic N) is 2. The monoisotopic (exact) mass is 621 g/mol. The number of non-ortho nitro benzene ring substituents is 1. The zero-order valence-corrected chi connectivity index (χ0v) is 24.1. The molecule has 0 spiro atoms. The second-order valence-electron chi connectivity index (χ2n) is 7.82. The normalized spacial score (nSPS) is 11.4. The Morgan fingerprint density at radius 2 is 1.55 bits per heavy atom. The number of rotatable bonds is 12. The van der Waals surface area contributed by atoms with Crippen LogP contribution in [0.3, 0.4) is 0 Å². The van der Waals surface area contributed by atoms with Crippen LogP contribution < -0.4 is 14.2 Å². The molecule has 3 rings (SSSR count). The van der Waals surface area contributed by atoms with Crippen molar-refractivity contribution in [3.05, 3.63) is 78.7 Å². The fraction of sp³-hybridized carbons (Fsp3) is 0.250. The first kappa shape index (κ1) is 30.1. The Labute approximate surface area is 240 Å². The van der Waals surface area contributed by atoms with Crippen molar-refractivity contribution in [2.45, 2.75) is 18.7 Å². The molecule has 0 aliphatic heterocycles. The minimum atomic E-state index is -4.13. The van der Waals surface area contributed by atoms with Gasteiger partial charge in [-0.2, -0.15) is 0 Å². The topological polar surface area (TPSA) is 111 Å². The largest absolute Gasteiger partial charge is 0.491 e. The van der Waals surface area contributed by atoms with E-state index in [4.69, 9.17) is 55.9 Å². The molecule has 0 fully saturated rings. The number of halogens is 4. The molecular weight excluding hydrogens is 600 g/mol. The summed E-state index contributed by atoms with van der Waals surface area (Å²) in [6, 6.07) is 10.4. The molecule has 0 radical (unpaired) electrons. The maximum Gasteiger partial charge on any atom is 0.271 e. The molecule has 14 heteroatoms. The lowest BCUT2D eigenvalue weighted by atomic mass is 10.3. The highest BCUT2D eigenvalue weighted by Gasteiger charge is 2.21. The lowest BCUT2D eigenvalue weighted by molar-refractivity contribution is -0.384. The smallest absolute Gasteiger partial charge is 0.271 e. The highest BCUT2D eigenvalue weighted by molar-refractivity contribution is 7.92. The molecular formula is C24H23Cl4N3O6S. The van der Waals surface area contributed by atoms with Crippen LogP contribution in [0.15, 0.2) is 53.4 Å². The van der Waals surface area contributed by atoms with Gasteiger partial charge in [-0.25, -0.2) is 8.42 Å². The summed E-state index contributed by atoms with van der Waals surface area (Å²) in [5, 5.41) is 11.0. The fourth-order valence-corrected chi connectivity index (χ4v) is 5.48. The molecule has 0 heterocycles. The molecule has 204 valence electrons. The van der Waals surface area contributed by atoms with Crippen LogP contribution in [0.4, 0.5) is 11.4 Å². The van der Waals surface area contributed by atoms with Gasteiger partial charge < -0.3 is 14.4 Å². The number of anilines is 1. The summed E-state index contributed by atoms with van der Waals surface area (Å²) in [5.41, 5.74) is -0.0100. The van der Waals surface area contributed by atoms with Crippen molar-refractivity contribution >= 4 is 67.8 Å². The molecule has 0 unspecified atom stereocenters. The summed E-state index contributed by atoms with van der Waals surface area (Å²) in [4.78, 5) is 12.3. The van der Waals surface area contributed by atoms with Gasteiger partial charge >= 0.3 is 0 Å². The van der Waals surface area contributed by atoms with Gasteiger partial charge in [0.2, 0.25) is 0 Å². The molecule has 0 saturated carbocycles. The minimum Gasteiger partial charge on any atom is -0.491 e. The highest BCUT2D eigenvalue weighted by Crippen LogP contribution is 2.41. The Morgan fingerprint density at radius 1 is 0.895 bits per heavy atom. The van der Waals surface area contributed by atoms with E-state index in [2.05, 4.69) is 9.62 Å². The Balaban J connectivity index is 1.79. The Bertz CT molecular complexity index is 1410. The van der Waals surface area contributed by atoms with Gasteiger partial charge in [0, 0.05) is 24.7 Å². The number of sulfonamides is 1. The van der Waals surface area contributed by atoms with Gasteiger partial charge in [-0.1, -0.05) is 60.3 Å². The Kier molecular flexibility index (Phi) is 10.3. The first-order valence-electron chi connectivity index (χ1n) is 11.2. The van der Waals surface area contributed by atoms with Gasteiger partial charge in [0.25, 0.3) is 15.7 Å². The number of benzene rings is 3. The first-order chi connectivity index (χ1) is 17.9. The highest BCUT2D eigenvalue weighted by atomic mass is 35.5. The molecule has 0 atom stereocenters. The predicted molar refractivity (Wildman–Crippen MR) is 150 cm³/mol. The van der Waals surface area contributed by atoms with E-state index in [1.165, 1.54) is 30.3 Å². The quantitative estimate of drug-likeness (QED) is 0.164. The maximum absolute atomic E-state index is 13.1. The third-order valence-corrected chi connectivity index (χ3v) is 7.89. The van der Waals surface area contributed by atoms with Crippen LogP contribution in [0.5, 0.6) is 17.2 Å². The number of hydrogen-bond donors (Lipinski definition) is 1. The van der Waals surface area contributed by atoms with E-state index in [-0.39, 0.29) is 42.8 Å². The number of nitrogens with one attached hydrogen (secondary N) is 1. The molecule has 3 aromatic carbocycles. The van der Waals surface area contributed by atoms with Crippen molar-refractivity contribution in [1.82, 2.24) is 4.90 Å². The molecule has 0 bridgehead atoms.